The zero-order chi connectivity index (χ0) is 18.0. The Bertz CT molecular complexity index is 708. The summed E-state index contributed by atoms with van der Waals surface area (Å²) in [7, 11) is 0. The summed E-state index contributed by atoms with van der Waals surface area (Å²) >= 11 is 0. The monoisotopic (exact) mass is 352 g/mol. The van der Waals surface area contributed by atoms with Crippen LogP contribution in [0, 0.1) is 11.3 Å². The van der Waals surface area contributed by atoms with E-state index >= 15 is 0 Å². The van der Waals surface area contributed by atoms with Crippen LogP contribution in [0.3, 0.4) is 0 Å². The lowest BCUT2D eigenvalue weighted by molar-refractivity contribution is -0.134. The van der Waals surface area contributed by atoms with E-state index in [1.54, 1.807) is 0 Å². The van der Waals surface area contributed by atoms with Crippen LogP contribution < -0.4 is 5.32 Å². The van der Waals surface area contributed by atoms with Crippen molar-refractivity contribution < 1.29 is 9.59 Å². The maximum Gasteiger partial charge on any atom is 0.226 e. The van der Waals surface area contributed by atoms with E-state index in [-0.39, 0.29) is 17.2 Å². The first kappa shape index (κ1) is 17.3. The van der Waals surface area contributed by atoms with E-state index in [9.17, 15) is 9.59 Å². The van der Waals surface area contributed by atoms with Gasteiger partial charge in [-0.3, -0.25) is 9.59 Å². The third-order valence-corrected chi connectivity index (χ3v) is 6.12. The van der Waals surface area contributed by atoms with E-state index in [2.05, 4.69) is 16.3 Å². The summed E-state index contributed by atoms with van der Waals surface area (Å²) in [4.78, 5) is 27.0. The lowest BCUT2D eigenvalue weighted by Gasteiger charge is -2.47. The van der Waals surface area contributed by atoms with E-state index in [1.807, 2.05) is 30.3 Å². The minimum absolute atomic E-state index is 0.0482. The van der Waals surface area contributed by atoms with Gasteiger partial charge in [0.15, 0.2) is 0 Å². The van der Waals surface area contributed by atoms with Crippen molar-refractivity contribution in [3.63, 3.8) is 0 Å². The number of nitrogens with zero attached hydrogens (tertiary/aromatic N) is 1. The highest BCUT2D eigenvalue weighted by Gasteiger charge is 2.45. The van der Waals surface area contributed by atoms with Crippen LogP contribution in [0.1, 0.15) is 50.5 Å². The third kappa shape index (κ3) is 3.69. The molecule has 1 atom stereocenters. The van der Waals surface area contributed by atoms with Gasteiger partial charge in [0.05, 0.1) is 6.42 Å². The van der Waals surface area contributed by atoms with Crippen molar-refractivity contribution in [3.05, 3.63) is 47.7 Å². The minimum atomic E-state index is -0.0482. The second kappa shape index (κ2) is 7.26. The van der Waals surface area contributed by atoms with Crippen LogP contribution in [-0.2, 0) is 16.0 Å². The molecule has 2 amide bonds. The van der Waals surface area contributed by atoms with Gasteiger partial charge in [0.25, 0.3) is 0 Å². The molecule has 1 aromatic rings. The average Bonchev–Trinajstić information content (AvgIpc) is 3.48. The number of hydrogen-bond acceptors (Lipinski definition) is 2. The van der Waals surface area contributed by atoms with Crippen LogP contribution in [0.25, 0.3) is 0 Å². The number of hydrogen-bond donors (Lipinski definition) is 1. The SMILES string of the molecule is O=C(Cc1ccccc1)NCC12CCCC=C1N(CC1CC1)C(=O)CC2. The van der Waals surface area contributed by atoms with Crippen molar-refractivity contribution in [2.24, 2.45) is 11.3 Å². The molecule has 1 aromatic carbocycles. The predicted octanol–water partition coefficient (Wildman–Crippen LogP) is 3.43. The lowest BCUT2D eigenvalue weighted by Crippen LogP contribution is -2.51. The molecule has 1 saturated carbocycles. The molecule has 0 aromatic heterocycles. The number of piperidine rings is 1. The van der Waals surface area contributed by atoms with E-state index in [0.717, 1.165) is 37.8 Å². The molecule has 1 saturated heterocycles. The van der Waals surface area contributed by atoms with Gasteiger partial charge < -0.3 is 10.2 Å². The number of nitrogens with one attached hydrogen (secondary N) is 1. The van der Waals surface area contributed by atoms with Crippen LogP contribution in [0.15, 0.2) is 42.1 Å². The highest BCUT2D eigenvalue weighted by Crippen LogP contribution is 2.47. The fraction of sp³-hybridized carbons (Fsp3) is 0.545. The molecule has 0 bridgehead atoms. The Kier molecular flexibility index (Phi) is 4.84. The molecule has 3 aliphatic rings. The second-order valence-corrected chi connectivity index (χ2v) is 8.15. The van der Waals surface area contributed by atoms with Crippen LogP contribution in [0.2, 0.25) is 0 Å². The number of likely N-dealkylation sites (tertiary alicyclic amines) is 1. The summed E-state index contributed by atoms with van der Waals surface area (Å²) in [5, 5.41) is 3.18. The fourth-order valence-electron chi connectivity index (χ4n) is 4.43. The second-order valence-electron chi connectivity index (χ2n) is 8.15. The fourth-order valence-corrected chi connectivity index (χ4v) is 4.43. The van der Waals surface area contributed by atoms with Crippen LogP contribution >= 0.6 is 0 Å². The smallest absolute Gasteiger partial charge is 0.226 e. The summed E-state index contributed by atoms with van der Waals surface area (Å²) in [5.41, 5.74) is 2.19. The molecule has 1 N–H and O–H groups in total. The highest BCUT2D eigenvalue weighted by molar-refractivity contribution is 5.81. The molecule has 1 unspecified atom stereocenters. The average molecular weight is 352 g/mol. The molecule has 4 rings (SSSR count). The van der Waals surface area contributed by atoms with E-state index < -0.39 is 0 Å². The van der Waals surface area contributed by atoms with Crippen molar-refractivity contribution in [2.45, 2.75) is 51.4 Å². The Hall–Kier alpha value is -2.10. The summed E-state index contributed by atoms with van der Waals surface area (Å²) in [5.74, 6) is 1.03. The van der Waals surface area contributed by atoms with Gasteiger partial charge in [0.2, 0.25) is 11.8 Å². The van der Waals surface area contributed by atoms with E-state index in [4.69, 9.17) is 0 Å². The molecule has 0 radical (unpaired) electrons. The zero-order valence-electron chi connectivity index (χ0n) is 15.4. The molecular weight excluding hydrogens is 324 g/mol. The topological polar surface area (TPSA) is 49.4 Å². The maximum atomic E-state index is 12.5. The van der Waals surface area contributed by atoms with Crippen molar-refractivity contribution >= 4 is 11.8 Å². The molecule has 1 aliphatic heterocycles. The molecule has 0 spiro atoms. The van der Waals surface area contributed by atoms with Crippen molar-refractivity contribution in [1.82, 2.24) is 10.2 Å². The van der Waals surface area contributed by atoms with Gasteiger partial charge in [0, 0.05) is 30.6 Å². The van der Waals surface area contributed by atoms with Gasteiger partial charge in [0.1, 0.15) is 0 Å². The van der Waals surface area contributed by atoms with Gasteiger partial charge in [-0.1, -0.05) is 36.4 Å². The molecule has 4 nitrogen and oxygen atoms in total. The molecule has 4 heteroatoms. The van der Waals surface area contributed by atoms with Gasteiger partial charge in [-0.05, 0) is 50.0 Å². The number of benzene rings is 1. The van der Waals surface area contributed by atoms with Crippen LogP contribution in [0.5, 0.6) is 0 Å². The molecule has 2 aliphatic carbocycles. The Morgan fingerprint density at radius 3 is 2.77 bits per heavy atom. The predicted molar refractivity (Wildman–Crippen MR) is 101 cm³/mol. The van der Waals surface area contributed by atoms with Crippen molar-refractivity contribution in [2.75, 3.05) is 13.1 Å². The number of rotatable bonds is 6. The summed E-state index contributed by atoms with van der Waals surface area (Å²) in [6.45, 7) is 1.53. The molecular formula is C22H28N2O2. The lowest BCUT2D eigenvalue weighted by atomic mass is 9.69. The first-order chi connectivity index (χ1) is 12.7. The van der Waals surface area contributed by atoms with Crippen LogP contribution in [0.4, 0.5) is 0 Å². The number of fused-ring (bicyclic) bond motifs is 1. The Morgan fingerprint density at radius 1 is 1.19 bits per heavy atom. The minimum Gasteiger partial charge on any atom is -0.355 e. The van der Waals surface area contributed by atoms with Crippen molar-refractivity contribution in [1.29, 1.82) is 0 Å². The van der Waals surface area contributed by atoms with Gasteiger partial charge >= 0.3 is 0 Å². The van der Waals surface area contributed by atoms with Crippen LogP contribution in [-0.4, -0.2) is 29.8 Å². The van der Waals surface area contributed by atoms with Gasteiger partial charge in [-0.25, -0.2) is 0 Å². The Morgan fingerprint density at radius 2 is 2.00 bits per heavy atom. The standard InChI is InChI=1S/C22H28N2O2/c25-20(14-17-6-2-1-3-7-17)23-16-22-12-5-4-8-19(22)24(15-18-9-10-18)21(26)11-13-22/h1-3,6-8,18H,4-5,9-16H2,(H,23,25). The molecule has 26 heavy (non-hydrogen) atoms. The highest BCUT2D eigenvalue weighted by atomic mass is 16.2. The van der Waals surface area contributed by atoms with Gasteiger partial charge in [-0.15, -0.1) is 0 Å². The van der Waals surface area contributed by atoms with Crippen molar-refractivity contribution in [3.8, 4) is 0 Å². The largest absolute Gasteiger partial charge is 0.355 e. The molecule has 1 heterocycles. The normalized spacial score (nSPS) is 25.5. The summed E-state index contributed by atoms with van der Waals surface area (Å²) < 4.78 is 0. The number of carbonyl (C=O) groups excluding carboxylic acids is 2. The first-order valence-corrected chi connectivity index (χ1v) is 9.98. The van der Waals surface area contributed by atoms with E-state index in [1.165, 1.54) is 18.5 Å². The number of carbonyl (C=O) groups is 2. The molecule has 2 fully saturated rings. The first-order valence-electron chi connectivity index (χ1n) is 9.98. The number of allylic oxidation sites excluding steroid dienone is 1. The summed E-state index contributed by atoms with van der Waals surface area (Å²) in [6.07, 6.45) is 9.91. The zero-order valence-corrected chi connectivity index (χ0v) is 15.4. The quantitative estimate of drug-likeness (QED) is 0.853. The van der Waals surface area contributed by atoms with E-state index in [0.29, 0.717) is 25.3 Å². The molecule has 138 valence electrons. The maximum absolute atomic E-state index is 12.5. The van der Waals surface area contributed by atoms with Gasteiger partial charge in [-0.2, -0.15) is 0 Å². The summed E-state index contributed by atoms with van der Waals surface area (Å²) in [6, 6.07) is 9.87. The third-order valence-electron chi connectivity index (χ3n) is 6.12. The number of amides is 2. The Balaban J connectivity index is 1.44. The Labute approximate surface area is 155 Å².